The molecule has 0 aliphatic carbocycles. The zero-order valence-corrected chi connectivity index (χ0v) is 10.6. The zero-order chi connectivity index (χ0) is 9.97. The summed E-state index contributed by atoms with van der Waals surface area (Å²) in [5.74, 6) is 1.23. The first-order valence-electron chi connectivity index (χ1n) is 4.97. The van der Waals surface area contributed by atoms with E-state index in [4.69, 9.17) is 0 Å². The second-order valence-corrected chi connectivity index (χ2v) is 5.48. The summed E-state index contributed by atoms with van der Waals surface area (Å²) >= 11 is 5.50. The van der Waals surface area contributed by atoms with Gasteiger partial charge in [0.05, 0.1) is 0 Å². The van der Waals surface area contributed by atoms with Gasteiger partial charge in [0, 0.05) is 15.4 Å². The molecule has 1 heterocycles. The maximum absolute atomic E-state index is 3.53. The Balaban J connectivity index is 2.32. The van der Waals surface area contributed by atoms with E-state index >= 15 is 0 Å². The predicted molar refractivity (Wildman–Crippen MR) is 65.9 cm³/mol. The average molecular weight is 272 g/mol. The molecular formula is C11H14BrNS. The predicted octanol–water partition coefficient (Wildman–Crippen LogP) is 3.60. The van der Waals surface area contributed by atoms with Gasteiger partial charge in [0.1, 0.15) is 0 Å². The summed E-state index contributed by atoms with van der Waals surface area (Å²) in [5, 5.41) is 3.53. The van der Waals surface area contributed by atoms with Crippen molar-refractivity contribution in [1.82, 2.24) is 5.32 Å². The van der Waals surface area contributed by atoms with Crippen LogP contribution in [0.2, 0.25) is 0 Å². The van der Waals surface area contributed by atoms with Crippen LogP contribution >= 0.6 is 27.7 Å². The van der Waals surface area contributed by atoms with E-state index in [1.54, 1.807) is 0 Å². The Bertz CT molecular complexity index is 327. The summed E-state index contributed by atoms with van der Waals surface area (Å²) in [4.78, 5) is 1.44. The lowest BCUT2D eigenvalue weighted by molar-refractivity contribution is 0.527. The molecule has 1 aromatic carbocycles. The molecule has 0 aromatic heterocycles. The van der Waals surface area contributed by atoms with E-state index in [-0.39, 0.29) is 0 Å². The summed E-state index contributed by atoms with van der Waals surface area (Å²) in [5.41, 5.74) is 1.46. The van der Waals surface area contributed by atoms with Crippen LogP contribution in [0, 0.1) is 0 Å². The smallest absolute Gasteiger partial charge is 0.0339 e. The number of nitrogens with one attached hydrogen (secondary N) is 1. The molecule has 0 spiro atoms. The molecule has 0 saturated carbocycles. The van der Waals surface area contributed by atoms with E-state index in [0.29, 0.717) is 6.04 Å². The van der Waals surface area contributed by atoms with Gasteiger partial charge in [-0.05, 0) is 42.5 Å². The maximum atomic E-state index is 3.53. The van der Waals surface area contributed by atoms with Crippen molar-refractivity contribution in [1.29, 1.82) is 0 Å². The molecule has 0 bridgehead atoms. The first-order chi connectivity index (χ1) is 6.81. The van der Waals surface area contributed by atoms with Gasteiger partial charge in [-0.15, -0.1) is 11.8 Å². The molecule has 2 rings (SSSR count). The van der Waals surface area contributed by atoms with Gasteiger partial charge in [-0.2, -0.15) is 0 Å². The van der Waals surface area contributed by atoms with Crippen LogP contribution in [-0.2, 0) is 0 Å². The Hall–Kier alpha value is 0.01000. The second kappa shape index (κ2) is 4.69. The summed E-state index contributed by atoms with van der Waals surface area (Å²) in [7, 11) is 0. The van der Waals surface area contributed by atoms with Gasteiger partial charge in [-0.1, -0.05) is 22.9 Å². The minimum absolute atomic E-state index is 0.550. The van der Waals surface area contributed by atoms with Gasteiger partial charge in [-0.3, -0.25) is 0 Å². The molecule has 14 heavy (non-hydrogen) atoms. The van der Waals surface area contributed by atoms with Gasteiger partial charge >= 0.3 is 0 Å². The Morgan fingerprint density at radius 2 is 2.43 bits per heavy atom. The molecule has 1 unspecified atom stereocenters. The van der Waals surface area contributed by atoms with E-state index < -0.39 is 0 Å². The van der Waals surface area contributed by atoms with Crippen LogP contribution in [0.15, 0.2) is 27.6 Å². The van der Waals surface area contributed by atoms with Crippen LogP contribution in [0.25, 0.3) is 0 Å². The zero-order valence-electron chi connectivity index (χ0n) is 8.22. The Morgan fingerprint density at radius 3 is 3.21 bits per heavy atom. The Morgan fingerprint density at radius 1 is 1.57 bits per heavy atom. The Labute approximate surface area is 97.8 Å². The highest BCUT2D eigenvalue weighted by Gasteiger charge is 2.19. The third-order valence-corrected chi connectivity index (χ3v) is 4.08. The van der Waals surface area contributed by atoms with E-state index in [0.717, 1.165) is 6.54 Å². The van der Waals surface area contributed by atoms with Crippen molar-refractivity contribution in [2.24, 2.45) is 0 Å². The lowest BCUT2D eigenvalue weighted by Crippen LogP contribution is -2.24. The highest BCUT2D eigenvalue weighted by atomic mass is 79.9. The number of halogens is 1. The quantitative estimate of drug-likeness (QED) is 0.883. The molecule has 1 aliphatic rings. The fourth-order valence-corrected chi connectivity index (χ4v) is 3.31. The molecular weight excluding hydrogens is 258 g/mol. The first-order valence-corrected chi connectivity index (χ1v) is 6.74. The fourth-order valence-electron chi connectivity index (χ4n) is 1.82. The van der Waals surface area contributed by atoms with Crippen LogP contribution in [0.1, 0.15) is 24.9 Å². The van der Waals surface area contributed by atoms with Gasteiger partial charge in [0.25, 0.3) is 0 Å². The number of rotatable bonds is 2. The molecule has 1 atom stereocenters. The molecule has 0 radical (unpaired) electrons. The van der Waals surface area contributed by atoms with Gasteiger partial charge in [-0.25, -0.2) is 0 Å². The third-order valence-electron chi connectivity index (χ3n) is 2.46. The molecule has 1 aliphatic heterocycles. The summed E-state index contributed by atoms with van der Waals surface area (Å²) in [6, 6.07) is 7.14. The number of fused-ring (bicyclic) bond motifs is 1. The maximum Gasteiger partial charge on any atom is 0.0339 e. The minimum Gasteiger partial charge on any atom is -0.310 e. The van der Waals surface area contributed by atoms with Crippen LogP contribution < -0.4 is 5.32 Å². The first kappa shape index (κ1) is 10.5. The van der Waals surface area contributed by atoms with Crippen molar-refractivity contribution in [2.45, 2.75) is 24.3 Å². The highest BCUT2D eigenvalue weighted by molar-refractivity contribution is 9.10. The largest absolute Gasteiger partial charge is 0.310 e. The number of thioether (sulfide) groups is 1. The van der Waals surface area contributed by atoms with Crippen molar-refractivity contribution in [3.63, 3.8) is 0 Å². The molecule has 1 nitrogen and oxygen atoms in total. The normalized spacial score (nSPS) is 20.6. The number of hydrogen-bond acceptors (Lipinski definition) is 2. The highest BCUT2D eigenvalue weighted by Crippen LogP contribution is 2.37. The van der Waals surface area contributed by atoms with Crippen molar-refractivity contribution in [3.05, 3.63) is 28.2 Å². The van der Waals surface area contributed by atoms with Gasteiger partial charge in [0.15, 0.2) is 0 Å². The van der Waals surface area contributed by atoms with E-state index in [2.05, 4.69) is 46.4 Å². The average Bonchev–Trinajstić information content (AvgIpc) is 2.19. The van der Waals surface area contributed by atoms with E-state index in [1.165, 1.54) is 27.1 Å². The summed E-state index contributed by atoms with van der Waals surface area (Å²) < 4.78 is 1.18. The number of benzene rings is 1. The second-order valence-electron chi connectivity index (χ2n) is 3.43. The van der Waals surface area contributed by atoms with Crippen LogP contribution in [0.4, 0.5) is 0 Å². The Kier molecular flexibility index (Phi) is 3.52. The van der Waals surface area contributed by atoms with Gasteiger partial charge < -0.3 is 5.32 Å². The van der Waals surface area contributed by atoms with Crippen molar-refractivity contribution in [3.8, 4) is 0 Å². The van der Waals surface area contributed by atoms with E-state index in [9.17, 15) is 0 Å². The van der Waals surface area contributed by atoms with Crippen molar-refractivity contribution < 1.29 is 0 Å². The van der Waals surface area contributed by atoms with Crippen LogP contribution in [0.5, 0.6) is 0 Å². The molecule has 76 valence electrons. The summed E-state index contributed by atoms with van der Waals surface area (Å²) in [6.45, 7) is 3.21. The molecule has 3 heteroatoms. The third kappa shape index (κ3) is 2.15. The molecule has 0 fully saturated rings. The van der Waals surface area contributed by atoms with Crippen molar-refractivity contribution in [2.75, 3.05) is 12.3 Å². The molecule has 0 amide bonds. The minimum atomic E-state index is 0.550. The van der Waals surface area contributed by atoms with Crippen LogP contribution in [0.3, 0.4) is 0 Å². The van der Waals surface area contributed by atoms with Crippen molar-refractivity contribution >= 4 is 27.7 Å². The molecule has 0 saturated heterocycles. The van der Waals surface area contributed by atoms with E-state index in [1.807, 2.05) is 11.8 Å². The van der Waals surface area contributed by atoms with Gasteiger partial charge in [0.2, 0.25) is 0 Å². The topological polar surface area (TPSA) is 12.0 Å². The molecule has 1 N–H and O–H groups in total. The summed E-state index contributed by atoms with van der Waals surface area (Å²) in [6.07, 6.45) is 1.24. The fraction of sp³-hybridized carbons (Fsp3) is 0.455. The molecule has 1 aromatic rings. The SMILES string of the molecule is CCNC1CCSc2ccc(Br)cc21. The standard InChI is InChI=1S/C11H14BrNS/c1-2-13-10-5-6-14-11-4-3-8(12)7-9(10)11/h3-4,7,10,13H,2,5-6H2,1H3. The number of hydrogen-bond donors (Lipinski definition) is 1. The lowest BCUT2D eigenvalue weighted by atomic mass is 10.0. The van der Waals surface area contributed by atoms with Crippen LogP contribution in [-0.4, -0.2) is 12.3 Å². The monoisotopic (exact) mass is 271 g/mol. The lowest BCUT2D eigenvalue weighted by Gasteiger charge is -2.25.